The molecule has 9 aromatic rings. The number of hydrogen-bond acceptors (Lipinski definition) is 4. The van der Waals surface area contributed by atoms with Gasteiger partial charge in [0.2, 0.25) is 0 Å². The molecular weight excluding hydrogens is 625 g/mol. The Morgan fingerprint density at radius 2 is 0.958 bits per heavy atom. The number of benzene rings is 6. The van der Waals surface area contributed by atoms with E-state index in [1.807, 2.05) is 35.6 Å². The summed E-state index contributed by atoms with van der Waals surface area (Å²) in [5, 5.41) is 5.68. The zero-order valence-electron chi connectivity index (χ0n) is 26.1. The molecular formula is C44H30O2S2. The summed E-state index contributed by atoms with van der Waals surface area (Å²) in [7, 11) is 0. The van der Waals surface area contributed by atoms with Crippen molar-refractivity contribution in [3.8, 4) is 32.7 Å². The van der Waals surface area contributed by atoms with Gasteiger partial charge in [-0.05, 0) is 113 Å². The number of furan rings is 2. The second-order valence-corrected chi connectivity index (χ2v) is 15.2. The molecule has 0 amide bonds. The van der Waals surface area contributed by atoms with Crippen LogP contribution in [-0.4, -0.2) is 0 Å². The molecule has 0 radical (unpaired) electrons. The average molecular weight is 655 g/mol. The van der Waals surface area contributed by atoms with Crippen LogP contribution in [0.3, 0.4) is 0 Å². The molecule has 6 aromatic carbocycles. The molecule has 48 heavy (non-hydrogen) atoms. The Hall–Kier alpha value is -5.03. The van der Waals surface area contributed by atoms with Gasteiger partial charge in [-0.15, -0.1) is 23.1 Å². The molecule has 2 atom stereocenters. The van der Waals surface area contributed by atoms with E-state index in [1.54, 1.807) is 0 Å². The van der Waals surface area contributed by atoms with Gasteiger partial charge in [0.25, 0.3) is 0 Å². The lowest BCUT2D eigenvalue weighted by Crippen LogP contribution is -1.86. The topological polar surface area (TPSA) is 26.3 Å². The third kappa shape index (κ3) is 4.78. The number of hydrogen-bond donors (Lipinski definition) is 0. The summed E-state index contributed by atoms with van der Waals surface area (Å²) in [6.45, 7) is 0. The predicted molar refractivity (Wildman–Crippen MR) is 204 cm³/mol. The van der Waals surface area contributed by atoms with E-state index in [4.69, 9.17) is 8.83 Å². The molecule has 0 bridgehead atoms. The van der Waals surface area contributed by atoms with Crippen LogP contribution in [0.5, 0.6) is 0 Å². The van der Waals surface area contributed by atoms with Crippen molar-refractivity contribution < 1.29 is 8.83 Å². The lowest BCUT2D eigenvalue weighted by Gasteiger charge is -2.12. The fourth-order valence-electron chi connectivity index (χ4n) is 7.35. The standard InChI is InChI=1S/C44H30O2S2/c1-2-8-27(9-3-1)41-18-20-43(47-41)44-21-19-42(48-44)32-23-30(28-14-16-39-35(25-28)33-10-4-6-12-37(33)45-39)22-31(24-32)29-15-17-40-36(26-29)34-11-5-7-13-38(34)46-40/h1-17,19,21-26,41,43H,18,20H2. The minimum Gasteiger partial charge on any atom is -0.456 e. The van der Waals surface area contributed by atoms with Crippen LogP contribution in [0.1, 0.15) is 33.8 Å². The molecule has 0 aliphatic carbocycles. The second-order valence-electron chi connectivity index (χ2n) is 12.7. The molecule has 2 nitrogen and oxygen atoms in total. The summed E-state index contributed by atoms with van der Waals surface area (Å²) in [5.41, 5.74) is 11.1. The zero-order chi connectivity index (χ0) is 31.6. The molecule has 0 spiro atoms. The van der Waals surface area contributed by atoms with Crippen molar-refractivity contribution in [1.82, 2.24) is 0 Å². The average Bonchev–Trinajstić information content (AvgIpc) is 3.96. The number of thiophene rings is 1. The highest BCUT2D eigenvalue weighted by molar-refractivity contribution is 8.00. The first kappa shape index (κ1) is 28.0. The first-order chi connectivity index (χ1) is 23.7. The summed E-state index contributed by atoms with van der Waals surface area (Å²) in [6.07, 6.45) is 2.44. The highest BCUT2D eigenvalue weighted by Gasteiger charge is 2.28. The number of thioether (sulfide) groups is 1. The Balaban J connectivity index is 1.09. The minimum atomic E-state index is 0.533. The van der Waals surface area contributed by atoms with Crippen LogP contribution < -0.4 is 0 Å². The maximum absolute atomic E-state index is 6.18. The summed E-state index contributed by atoms with van der Waals surface area (Å²) in [6, 6.07) is 52.6. The minimum absolute atomic E-state index is 0.533. The second kappa shape index (κ2) is 11.3. The monoisotopic (exact) mass is 654 g/mol. The van der Waals surface area contributed by atoms with Gasteiger partial charge < -0.3 is 8.83 Å². The van der Waals surface area contributed by atoms with Crippen molar-refractivity contribution in [1.29, 1.82) is 0 Å². The van der Waals surface area contributed by atoms with E-state index in [2.05, 4.69) is 133 Å². The molecule has 10 rings (SSSR count). The van der Waals surface area contributed by atoms with E-state index in [-0.39, 0.29) is 0 Å². The normalized spacial score (nSPS) is 16.5. The molecule has 230 valence electrons. The van der Waals surface area contributed by atoms with Gasteiger partial charge >= 0.3 is 0 Å². The van der Waals surface area contributed by atoms with Crippen molar-refractivity contribution in [3.63, 3.8) is 0 Å². The lowest BCUT2D eigenvalue weighted by molar-refractivity contribution is 0.668. The van der Waals surface area contributed by atoms with Crippen molar-refractivity contribution in [3.05, 3.63) is 156 Å². The summed E-state index contributed by atoms with van der Waals surface area (Å²) in [5.74, 6) is 0. The number of para-hydroxylation sites is 2. The first-order valence-electron chi connectivity index (χ1n) is 16.5. The van der Waals surface area contributed by atoms with Gasteiger partial charge in [0.1, 0.15) is 22.3 Å². The Labute approximate surface area is 286 Å². The van der Waals surface area contributed by atoms with Gasteiger partial charge in [-0.2, -0.15) is 0 Å². The SMILES string of the molecule is c1ccc(C2CCC(c3ccc(-c4cc(-c5ccc6oc7ccccc7c6c5)cc(-c5ccc6oc7ccccc7c6c5)c4)s3)S2)cc1. The first-order valence-corrected chi connectivity index (χ1v) is 18.3. The number of rotatable bonds is 5. The van der Waals surface area contributed by atoms with Crippen molar-refractivity contribution >= 4 is 67.0 Å². The quantitative estimate of drug-likeness (QED) is 0.185. The van der Waals surface area contributed by atoms with E-state index in [0.29, 0.717) is 10.5 Å². The van der Waals surface area contributed by atoms with Crippen LogP contribution in [0.4, 0.5) is 0 Å². The summed E-state index contributed by atoms with van der Waals surface area (Å²) in [4.78, 5) is 2.78. The van der Waals surface area contributed by atoms with E-state index >= 15 is 0 Å². The Bertz CT molecular complexity index is 2490. The van der Waals surface area contributed by atoms with Crippen LogP contribution in [0.15, 0.2) is 154 Å². The molecule has 4 heteroatoms. The molecule has 4 heterocycles. The van der Waals surface area contributed by atoms with Crippen LogP contribution >= 0.6 is 23.1 Å². The molecule has 0 saturated carbocycles. The van der Waals surface area contributed by atoms with E-state index in [0.717, 1.165) is 43.9 Å². The Kier molecular flexibility index (Phi) is 6.60. The Morgan fingerprint density at radius 1 is 0.417 bits per heavy atom. The highest BCUT2D eigenvalue weighted by Crippen LogP contribution is 2.54. The van der Waals surface area contributed by atoms with E-state index in [1.165, 1.54) is 56.0 Å². The van der Waals surface area contributed by atoms with Crippen LogP contribution in [-0.2, 0) is 0 Å². The smallest absolute Gasteiger partial charge is 0.135 e. The zero-order valence-corrected chi connectivity index (χ0v) is 27.7. The van der Waals surface area contributed by atoms with Crippen LogP contribution in [0.2, 0.25) is 0 Å². The van der Waals surface area contributed by atoms with Crippen molar-refractivity contribution in [2.45, 2.75) is 23.3 Å². The summed E-state index contributed by atoms with van der Waals surface area (Å²) >= 11 is 4.07. The fraction of sp³-hybridized carbons (Fsp3) is 0.0909. The van der Waals surface area contributed by atoms with Gasteiger partial charge in [0, 0.05) is 41.8 Å². The third-order valence-electron chi connectivity index (χ3n) is 9.77. The molecule has 1 fully saturated rings. The highest BCUT2D eigenvalue weighted by atomic mass is 32.2. The molecule has 1 aliphatic rings. The van der Waals surface area contributed by atoms with Gasteiger partial charge in [-0.3, -0.25) is 0 Å². The maximum Gasteiger partial charge on any atom is 0.135 e. The van der Waals surface area contributed by atoms with E-state index in [9.17, 15) is 0 Å². The van der Waals surface area contributed by atoms with Gasteiger partial charge in [0.05, 0.1) is 0 Å². The fourth-order valence-corrected chi connectivity index (χ4v) is 10.1. The molecule has 1 saturated heterocycles. The molecule has 3 aromatic heterocycles. The van der Waals surface area contributed by atoms with E-state index < -0.39 is 0 Å². The largest absolute Gasteiger partial charge is 0.456 e. The molecule has 1 aliphatic heterocycles. The predicted octanol–water partition coefficient (Wildman–Crippen LogP) is 13.9. The molecule has 2 unspecified atom stereocenters. The van der Waals surface area contributed by atoms with Gasteiger partial charge in [-0.1, -0.05) is 78.9 Å². The Morgan fingerprint density at radius 3 is 1.60 bits per heavy atom. The van der Waals surface area contributed by atoms with Gasteiger partial charge in [-0.25, -0.2) is 0 Å². The number of fused-ring (bicyclic) bond motifs is 6. The van der Waals surface area contributed by atoms with Crippen molar-refractivity contribution in [2.24, 2.45) is 0 Å². The maximum atomic E-state index is 6.18. The summed E-state index contributed by atoms with van der Waals surface area (Å²) < 4.78 is 12.4. The lowest BCUT2D eigenvalue weighted by atomic mass is 9.94. The molecule has 0 N–H and O–H groups in total. The van der Waals surface area contributed by atoms with Gasteiger partial charge in [0.15, 0.2) is 0 Å². The van der Waals surface area contributed by atoms with Crippen molar-refractivity contribution in [2.75, 3.05) is 0 Å². The van der Waals surface area contributed by atoms with Crippen LogP contribution in [0.25, 0.3) is 76.6 Å². The van der Waals surface area contributed by atoms with Crippen LogP contribution in [0, 0.1) is 0 Å². The third-order valence-corrected chi connectivity index (χ3v) is 12.8.